The molecule has 1 aromatic carbocycles. The number of carbonyl (C=O) groups excluding carboxylic acids is 2. The maximum atomic E-state index is 12.0. The topological polar surface area (TPSA) is 81.4 Å². The number of benzene rings is 1. The summed E-state index contributed by atoms with van der Waals surface area (Å²) in [6.45, 7) is 2.02. The summed E-state index contributed by atoms with van der Waals surface area (Å²) in [7, 11) is 1.31. The molecular weight excluding hydrogens is 244 g/mol. The predicted molar refractivity (Wildman–Crippen MR) is 73.6 cm³/mol. The van der Waals surface area contributed by atoms with E-state index in [1.807, 2.05) is 6.92 Å². The summed E-state index contributed by atoms with van der Waals surface area (Å²) in [4.78, 5) is 23.6. The molecule has 0 aromatic heterocycles. The predicted octanol–water partition coefficient (Wildman–Crippen LogP) is 1.73. The fourth-order valence-corrected chi connectivity index (χ4v) is 1.72. The molecule has 3 N–H and O–H groups in total. The number of methoxy groups -OCH3 is 1. The highest BCUT2D eigenvalue weighted by Gasteiger charge is 2.21. The first kappa shape index (κ1) is 15.0. The number of ether oxygens (including phenoxy) is 1. The number of rotatable bonds is 6. The Kier molecular flexibility index (Phi) is 5.85. The van der Waals surface area contributed by atoms with Gasteiger partial charge in [0.05, 0.1) is 7.11 Å². The lowest BCUT2D eigenvalue weighted by Crippen LogP contribution is -2.41. The van der Waals surface area contributed by atoms with E-state index >= 15 is 0 Å². The van der Waals surface area contributed by atoms with Crippen LogP contribution in [0.15, 0.2) is 24.3 Å². The molecule has 0 heterocycles. The summed E-state index contributed by atoms with van der Waals surface area (Å²) in [5, 5.41) is 2.68. The fraction of sp³-hybridized carbons (Fsp3) is 0.429. The molecule has 0 saturated carbocycles. The normalized spacial score (nSPS) is 11.7. The van der Waals surface area contributed by atoms with E-state index in [9.17, 15) is 9.59 Å². The van der Waals surface area contributed by atoms with Gasteiger partial charge in [-0.25, -0.2) is 4.79 Å². The monoisotopic (exact) mass is 264 g/mol. The lowest BCUT2D eigenvalue weighted by Gasteiger charge is -2.16. The number of nitrogens with one attached hydrogen (secondary N) is 1. The number of hydrogen-bond donors (Lipinski definition) is 2. The van der Waals surface area contributed by atoms with Crippen LogP contribution in [0, 0.1) is 0 Å². The molecule has 0 aliphatic rings. The highest BCUT2D eigenvalue weighted by atomic mass is 16.5. The molecule has 0 aliphatic heterocycles. The van der Waals surface area contributed by atoms with E-state index in [0.717, 1.165) is 12.8 Å². The van der Waals surface area contributed by atoms with Crippen molar-refractivity contribution in [3.05, 3.63) is 29.8 Å². The molecule has 0 bridgehead atoms. The molecule has 1 aromatic rings. The number of nitrogen functional groups attached to an aromatic ring is 1. The number of esters is 1. The molecule has 0 saturated heterocycles. The van der Waals surface area contributed by atoms with E-state index in [-0.39, 0.29) is 5.91 Å². The molecule has 0 unspecified atom stereocenters. The average Bonchev–Trinajstić information content (AvgIpc) is 2.42. The Morgan fingerprint density at radius 3 is 2.74 bits per heavy atom. The van der Waals surface area contributed by atoms with Crippen LogP contribution in [0.4, 0.5) is 5.69 Å². The third-order valence-corrected chi connectivity index (χ3v) is 2.79. The summed E-state index contributed by atoms with van der Waals surface area (Å²) < 4.78 is 4.69. The van der Waals surface area contributed by atoms with Crippen LogP contribution in [0.5, 0.6) is 0 Å². The van der Waals surface area contributed by atoms with E-state index in [4.69, 9.17) is 10.5 Å². The second kappa shape index (κ2) is 7.41. The van der Waals surface area contributed by atoms with Crippen molar-refractivity contribution in [3.63, 3.8) is 0 Å². The van der Waals surface area contributed by atoms with Crippen molar-refractivity contribution in [2.24, 2.45) is 0 Å². The van der Waals surface area contributed by atoms with Crippen molar-refractivity contribution < 1.29 is 14.3 Å². The van der Waals surface area contributed by atoms with Crippen molar-refractivity contribution in [1.29, 1.82) is 0 Å². The first-order valence-corrected chi connectivity index (χ1v) is 6.32. The van der Waals surface area contributed by atoms with Gasteiger partial charge in [0.15, 0.2) is 0 Å². The maximum Gasteiger partial charge on any atom is 0.328 e. The minimum absolute atomic E-state index is 0.321. The van der Waals surface area contributed by atoms with Crippen LogP contribution in [0.2, 0.25) is 0 Å². The van der Waals surface area contributed by atoms with Crippen molar-refractivity contribution >= 4 is 17.6 Å². The van der Waals surface area contributed by atoms with E-state index in [1.165, 1.54) is 7.11 Å². The molecule has 1 rings (SSSR count). The van der Waals surface area contributed by atoms with Gasteiger partial charge in [-0.2, -0.15) is 0 Å². The van der Waals surface area contributed by atoms with Crippen molar-refractivity contribution in [3.8, 4) is 0 Å². The SMILES string of the molecule is CCCC[C@H](NC(=O)c1cccc(N)c1)C(=O)OC. The second-order valence-electron chi connectivity index (χ2n) is 4.32. The van der Waals surface area contributed by atoms with E-state index in [0.29, 0.717) is 17.7 Å². The number of carbonyl (C=O) groups is 2. The number of hydrogen-bond acceptors (Lipinski definition) is 4. The zero-order valence-electron chi connectivity index (χ0n) is 11.3. The van der Waals surface area contributed by atoms with Crippen LogP contribution < -0.4 is 11.1 Å². The minimum atomic E-state index is -0.612. The fourth-order valence-electron chi connectivity index (χ4n) is 1.72. The molecule has 1 atom stereocenters. The third kappa shape index (κ3) is 4.62. The van der Waals surface area contributed by atoms with Gasteiger partial charge in [-0.15, -0.1) is 0 Å². The summed E-state index contributed by atoms with van der Waals surface area (Å²) in [6, 6.07) is 6.01. The molecule has 0 spiro atoms. The summed E-state index contributed by atoms with van der Waals surface area (Å²) >= 11 is 0. The third-order valence-electron chi connectivity index (χ3n) is 2.79. The standard InChI is InChI=1S/C14H20N2O3/c1-3-4-8-12(14(18)19-2)16-13(17)10-6-5-7-11(15)9-10/h5-7,9,12H,3-4,8,15H2,1-2H3,(H,16,17)/t12-/m0/s1. The van der Waals surface area contributed by atoms with Gasteiger partial charge in [0.25, 0.3) is 5.91 Å². The molecule has 19 heavy (non-hydrogen) atoms. The Morgan fingerprint density at radius 1 is 1.42 bits per heavy atom. The van der Waals surface area contributed by atoms with Crippen LogP contribution in [-0.4, -0.2) is 25.0 Å². The summed E-state index contributed by atoms with van der Waals surface area (Å²) in [5.41, 5.74) is 6.57. The first-order chi connectivity index (χ1) is 9.08. The zero-order valence-corrected chi connectivity index (χ0v) is 11.3. The molecule has 0 radical (unpaired) electrons. The van der Waals surface area contributed by atoms with Gasteiger partial charge in [-0.05, 0) is 24.6 Å². The van der Waals surface area contributed by atoms with Crippen molar-refractivity contribution in [2.45, 2.75) is 32.2 Å². The summed E-state index contributed by atoms with van der Waals surface area (Å²) in [5.74, 6) is -0.746. The Morgan fingerprint density at radius 2 is 2.16 bits per heavy atom. The van der Waals surface area contributed by atoms with Crippen LogP contribution >= 0.6 is 0 Å². The van der Waals surface area contributed by atoms with Gasteiger partial charge in [0, 0.05) is 11.3 Å². The van der Waals surface area contributed by atoms with Gasteiger partial charge >= 0.3 is 5.97 Å². The number of anilines is 1. The second-order valence-corrected chi connectivity index (χ2v) is 4.32. The Balaban J connectivity index is 2.72. The van der Waals surface area contributed by atoms with Crippen LogP contribution in [-0.2, 0) is 9.53 Å². The lowest BCUT2D eigenvalue weighted by molar-refractivity contribution is -0.143. The van der Waals surface area contributed by atoms with Crippen LogP contribution in [0.25, 0.3) is 0 Å². The first-order valence-electron chi connectivity index (χ1n) is 6.32. The van der Waals surface area contributed by atoms with Gasteiger partial charge in [-0.3, -0.25) is 4.79 Å². The van der Waals surface area contributed by atoms with E-state index in [2.05, 4.69) is 5.32 Å². The van der Waals surface area contributed by atoms with Gasteiger partial charge < -0.3 is 15.8 Å². The van der Waals surface area contributed by atoms with Gasteiger partial charge in [0.2, 0.25) is 0 Å². The summed E-state index contributed by atoms with van der Waals surface area (Å²) in [6.07, 6.45) is 2.36. The lowest BCUT2D eigenvalue weighted by atomic mass is 10.1. The molecule has 1 amide bonds. The minimum Gasteiger partial charge on any atom is -0.467 e. The Labute approximate surface area is 113 Å². The van der Waals surface area contributed by atoms with Crippen LogP contribution in [0.3, 0.4) is 0 Å². The Hall–Kier alpha value is -2.04. The molecule has 5 heteroatoms. The molecule has 0 fully saturated rings. The van der Waals surface area contributed by atoms with Crippen molar-refractivity contribution in [1.82, 2.24) is 5.32 Å². The number of amides is 1. The highest BCUT2D eigenvalue weighted by Crippen LogP contribution is 2.08. The smallest absolute Gasteiger partial charge is 0.328 e. The number of nitrogens with two attached hydrogens (primary N) is 1. The maximum absolute atomic E-state index is 12.0. The molecular formula is C14H20N2O3. The number of unbranched alkanes of at least 4 members (excludes halogenated alkanes) is 1. The van der Waals surface area contributed by atoms with Gasteiger partial charge in [0.1, 0.15) is 6.04 Å². The molecule has 0 aliphatic carbocycles. The van der Waals surface area contributed by atoms with Gasteiger partial charge in [-0.1, -0.05) is 25.8 Å². The molecule has 5 nitrogen and oxygen atoms in total. The highest BCUT2D eigenvalue weighted by molar-refractivity contribution is 5.97. The van der Waals surface area contributed by atoms with Crippen molar-refractivity contribution in [2.75, 3.05) is 12.8 Å². The van der Waals surface area contributed by atoms with Crippen LogP contribution in [0.1, 0.15) is 36.5 Å². The molecule has 104 valence electrons. The largest absolute Gasteiger partial charge is 0.467 e. The Bertz CT molecular complexity index is 446. The van der Waals surface area contributed by atoms with E-state index < -0.39 is 12.0 Å². The average molecular weight is 264 g/mol. The quantitative estimate of drug-likeness (QED) is 0.605. The zero-order chi connectivity index (χ0) is 14.3. The van der Waals surface area contributed by atoms with E-state index in [1.54, 1.807) is 24.3 Å².